The van der Waals surface area contributed by atoms with Gasteiger partial charge in [0, 0.05) is 5.56 Å². The molecule has 0 unspecified atom stereocenters. The average molecular weight is 172 g/mol. The Morgan fingerprint density at radius 3 is 2.69 bits per heavy atom. The van der Waals surface area contributed by atoms with E-state index in [9.17, 15) is 4.79 Å². The Labute approximate surface area is 78.1 Å². The molecule has 0 amide bonds. The monoisotopic (exact) mass is 172 g/mol. The van der Waals surface area contributed by atoms with Crippen LogP contribution in [0, 0.1) is 0 Å². The van der Waals surface area contributed by atoms with Gasteiger partial charge < -0.3 is 0 Å². The highest BCUT2D eigenvalue weighted by Crippen LogP contribution is 2.41. The molecule has 66 valence electrons. The van der Waals surface area contributed by atoms with E-state index < -0.39 is 0 Å². The summed E-state index contributed by atoms with van der Waals surface area (Å²) in [6.07, 6.45) is 3.84. The summed E-state index contributed by atoms with van der Waals surface area (Å²) >= 11 is 0. The summed E-state index contributed by atoms with van der Waals surface area (Å²) in [6.45, 7) is 3.51. The number of benzene rings is 1. The van der Waals surface area contributed by atoms with Crippen LogP contribution in [0.3, 0.4) is 0 Å². The normalized spacial score (nSPS) is 15.4. The number of carbonyl (C=O) groups is 1. The fourth-order valence-corrected chi connectivity index (χ4v) is 1.58. The van der Waals surface area contributed by atoms with E-state index in [4.69, 9.17) is 0 Å². The first-order valence-corrected chi connectivity index (χ1v) is 4.58. The van der Waals surface area contributed by atoms with Crippen molar-refractivity contribution in [2.45, 2.75) is 18.8 Å². The Bertz CT molecular complexity index is 348. The number of ketones is 1. The molecule has 0 saturated heterocycles. The van der Waals surface area contributed by atoms with Crippen molar-refractivity contribution >= 4 is 5.78 Å². The van der Waals surface area contributed by atoms with E-state index in [2.05, 4.69) is 12.6 Å². The molecule has 0 radical (unpaired) electrons. The van der Waals surface area contributed by atoms with Gasteiger partial charge in [-0.1, -0.05) is 30.8 Å². The van der Waals surface area contributed by atoms with Gasteiger partial charge in [-0.2, -0.15) is 0 Å². The summed E-state index contributed by atoms with van der Waals surface area (Å²) in [5.74, 6) is 0.669. The zero-order valence-electron chi connectivity index (χ0n) is 7.49. The largest absolute Gasteiger partial charge is 0.289 e. The smallest absolute Gasteiger partial charge is 0.185 e. The molecule has 0 atom stereocenters. The lowest BCUT2D eigenvalue weighted by atomic mass is 10.00. The summed E-state index contributed by atoms with van der Waals surface area (Å²) in [7, 11) is 0. The van der Waals surface area contributed by atoms with Crippen LogP contribution in [0.25, 0.3) is 0 Å². The van der Waals surface area contributed by atoms with E-state index in [1.807, 2.05) is 18.2 Å². The number of allylic oxidation sites excluding steroid dienone is 1. The highest BCUT2D eigenvalue weighted by molar-refractivity contribution is 6.05. The maximum absolute atomic E-state index is 11.4. The lowest BCUT2D eigenvalue weighted by Gasteiger charge is -2.03. The second-order valence-corrected chi connectivity index (χ2v) is 3.43. The minimum absolute atomic E-state index is 0.0440. The lowest BCUT2D eigenvalue weighted by molar-refractivity contribution is 0.104. The maximum Gasteiger partial charge on any atom is 0.185 e. The molecule has 1 nitrogen and oxygen atoms in total. The summed E-state index contributed by atoms with van der Waals surface area (Å²) in [6, 6.07) is 7.84. The molecule has 0 heterocycles. The highest BCUT2D eigenvalue weighted by Gasteiger charge is 2.26. The quantitative estimate of drug-likeness (QED) is 0.506. The van der Waals surface area contributed by atoms with E-state index in [0.29, 0.717) is 5.92 Å². The van der Waals surface area contributed by atoms with Crippen LogP contribution < -0.4 is 0 Å². The third kappa shape index (κ3) is 1.55. The van der Waals surface area contributed by atoms with Crippen molar-refractivity contribution in [1.82, 2.24) is 0 Å². The molecule has 2 rings (SSSR count). The molecule has 1 aromatic carbocycles. The lowest BCUT2D eigenvalue weighted by Crippen LogP contribution is -1.98. The summed E-state index contributed by atoms with van der Waals surface area (Å²) in [4.78, 5) is 11.4. The number of hydrogen-bond donors (Lipinski definition) is 0. The number of carbonyl (C=O) groups excluding carboxylic acids is 1. The first-order chi connectivity index (χ1) is 6.33. The number of hydrogen-bond acceptors (Lipinski definition) is 1. The molecule has 0 aromatic heterocycles. The van der Waals surface area contributed by atoms with Crippen molar-refractivity contribution in [2.24, 2.45) is 0 Å². The zero-order chi connectivity index (χ0) is 9.26. The SMILES string of the molecule is C=CC(=O)c1ccccc1C1CC1. The summed E-state index contributed by atoms with van der Waals surface area (Å²) in [5.41, 5.74) is 2.03. The molecule has 1 saturated carbocycles. The van der Waals surface area contributed by atoms with E-state index in [0.717, 1.165) is 5.56 Å². The van der Waals surface area contributed by atoms with E-state index in [1.165, 1.54) is 24.5 Å². The molecule has 1 aliphatic carbocycles. The standard InChI is InChI=1S/C12H12O/c1-2-12(13)11-6-4-3-5-10(11)9-7-8-9/h2-6,9H,1,7-8H2. The van der Waals surface area contributed by atoms with E-state index in [1.54, 1.807) is 0 Å². The van der Waals surface area contributed by atoms with Crippen molar-refractivity contribution < 1.29 is 4.79 Å². The molecule has 0 spiro atoms. The molecule has 0 N–H and O–H groups in total. The van der Waals surface area contributed by atoms with Gasteiger partial charge >= 0.3 is 0 Å². The fraction of sp³-hybridized carbons (Fsp3) is 0.250. The molecular weight excluding hydrogens is 160 g/mol. The van der Waals surface area contributed by atoms with Crippen LogP contribution in [-0.2, 0) is 0 Å². The minimum atomic E-state index is 0.0440. The van der Waals surface area contributed by atoms with Gasteiger partial charge in [0.1, 0.15) is 0 Å². The molecular formula is C12H12O. The summed E-state index contributed by atoms with van der Waals surface area (Å²) < 4.78 is 0. The second-order valence-electron chi connectivity index (χ2n) is 3.43. The van der Waals surface area contributed by atoms with Gasteiger partial charge in [-0.15, -0.1) is 0 Å². The van der Waals surface area contributed by atoms with Gasteiger partial charge in [0.2, 0.25) is 0 Å². The van der Waals surface area contributed by atoms with Gasteiger partial charge in [0.05, 0.1) is 0 Å². The molecule has 1 fully saturated rings. The third-order valence-electron chi connectivity index (χ3n) is 2.43. The fourth-order valence-electron chi connectivity index (χ4n) is 1.58. The van der Waals surface area contributed by atoms with Crippen molar-refractivity contribution in [1.29, 1.82) is 0 Å². The predicted octanol–water partition coefficient (Wildman–Crippen LogP) is 2.93. The minimum Gasteiger partial charge on any atom is -0.289 e. The Morgan fingerprint density at radius 2 is 2.08 bits per heavy atom. The van der Waals surface area contributed by atoms with Gasteiger partial charge in [-0.05, 0) is 30.4 Å². The third-order valence-corrected chi connectivity index (χ3v) is 2.43. The molecule has 0 bridgehead atoms. The highest BCUT2D eigenvalue weighted by atomic mass is 16.1. The van der Waals surface area contributed by atoms with Gasteiger partial charge in [-0.25, -0.2) is 0 Å². The topological polar surface area (TPSA) is 17.1 Å². The van der Waals surface area contributed by atoms with Crippen molar-refractivity contribution in [3.63, 3.8) is 0 Å². The molecule has 1 heteroatoms. The van der Waals surface area contributed by atoms with Crippen LogP contribution in [0.4, 0.5) is 0 Å². The van der Waals surface area contributed by atoms with Crippen LogP contribution in [0.5, 0.6) is 0 Å². The predicted molar refractivity (Wildman–Crippen MR) is 52.9 cm³/mol. The second kappa shape index (κ2) is 3.17. The van der Waals surface area contributed by atoms with Gasteiger partial charge in [0.15, 0.2) is 5.78 Å². The first-order valence-electron chi connectivity index (χ1n) is 4.58. The molecule has 1 aromatic rings. The number of rotatable bonds is 3. The average Bonchev–Trinajstić information content (AvgIpc) is 3.00. The maximum atomic E-state index is 11.4. The van der Waals surface area contributed by atoms with E-state index in [-0.39, 0.29) is 5.78 Å². The zero-order valence-corrected chi connectivity index (χ0v) is 7.49. The van der Waals surface area contributed by atoms with Gasteiger partial charge in [0.25, 0.3) is 0 Å². The van der Waals surface area contributed by atoms with Crippen molar-refractivity contribution in [3.8, 4) is 0 Å². The molecule has 1 aliphatic rings. The first kappa shape index (κ1) is 8.24. The Morgan fingerprint density at radius 1 is 1.38 bits per heavy atom. The van der Waals surface area contributed by atoms with Crippen LogP contribution >= 0.6 is 0 Å². The van der Waals surface area contributed by atoms with Crippen LogP contribution in [-0.4, -0.2) is 5.78 Å². The van der Waals surface area contributed by atoms with Crippen LogP contribution in [0.2, 0.25) is 0 Å². The van der Waals surface area contributed by atoms with Gasteiger partial charge in [-0.3, -0.25) is 4.79 Å². The van der Waals surface area contributed by atoms with Crippen LogP contribution in [0.15, 0.2) is 36.9 Å². The Balaban J connectivity index is 2.42. The van der Waals surface area contributed by atoms with Crippen LogP contribution in [0.1, 0.15) is 34.7 Å². The molecule has 0 aliphatic heterocycles. The Kier molecular flexibility index (Phi) is 2.01. The Hall–Kier alpha value is -1.37. The van der Waals surface area contributed by atoms with E-state index >= 15 is 0 Å². The molecule has 13 heavy (non-hydrogen) atoms. The summed E-state index contributed by atoms with van der Waals surface area (Å²) in [5, 5.41) is 0. The van der Waals surface area contributed by atoms with Crippen molar-refractivity contribution in [3.05, 3.63) is 48.0 Å². The van der Waals surface area contributed by atoms with Crippen molar-refractivity contribution in [2.75, 3.05) is 0 Å².